The maximum Gasteiger partial charge on any atom is 0.336 e. The van der Waals surface area contributed by atoms with Crippen LogP contribution in [0.3, 0.4) is 0 Å². The Labute approximate surface area is 196 Å². The van der Waals surface area contributed by atoms with E-state index in [0.717, 1.165) is 26.8 Å². The van der Waals surface area contributed by atoms with E-state index in [-0.39, 0.29) is 23.7 Å². The quantitative estimate of drug-likeness (QED) is 0.370. The van der Waals surface area contributed by atoms with Crippen LogP contribution in [-0.4, -0.2) is 17.5 Å². The lowest BCUT2D eigenvalue weighted by Gasteiger charge is -2.41. The molecule has 2 atom stereocenters. The molecule has 1 fully saturated rings. The molecule has 31 heavy (non-hydrogen) atoms. The maximum absolute atomic E-state index is 13.3. The molecule has 0 bridgehead atoms. The molecule has 1 heterocycles. The van der Waals surface area contributed by atoms with Gasteiger partial charge in [-0.25, -0.2) is 4.79 Å². The first-order valence-electron chi connectivity index (χ1n) is 10.5. The Kier molecular flexibility index (Phi) is 6.15. The smallest absolute Gasteiger partial charge is 0.336 e. The minimum absolute atomic E-state index is 0.119. The summed E-state index contributed by atoms with van der Waals surface area (Å²) in [6.45, 7) is 6.26. The Morgan fingerprint density at radius 2 is 1.74 bits per heavy atom. The van der Waals surface area contributed by atoms with Gasteiger partial charge < -0.3 is 4.74 Å². The van der Waals surface area contributed by atoms with Gasteiger partial charge in [0.1, 0.15) is 12.4 Å². The highest BCUT2D eigenvalue weighted by molar-refractivity contribution is 14.1. The molecule has 1 saturated carbocycles. The molecule has 5 heteroatoms. The largest absolute Gasteiger partial charge is 0.457 e. The van der Waals surface area contributed by atoms with E-state index < -0.39 is 11.9 Å². The SMILES string of the molecule is CC1=C(C(=O)OCc2ccccc2)C(c2ccccc2I)C2C(=O)CC(C)(C)CC2=N1. The average molecular weight is 527 g/mol. The summed E-state index contributed by atoms with van der Waals surface area (Å²) in [5.74, 6) is -1.02. The monoisotopic (exact) mass is 527 g/mol. The second-order valence-corrected chi connectivity index (χ2v) is 10.3. The van der Waals surface area contributed by atoms with Crippen molar-refractivity contribution in [1.82, 2.24) is 0 Å². The van der Waals surface area contributed by atoms with Crippen molar-refractivity contribution >= 4 is 40.1 Å². The van der Waals surface area contributed by atoms with E-state index in [1.807, 2.05) is 61.5 Å². The zero-order valence-corrected chi connectivity index (χ0v) is 20.2. The fourth-order valence-corrected chi connectivity index (χ4v) is 5.45. The highest BCUT2D eigenvalue weighted by atomic mass is 127. The summed E-state index contributed by atoms with van der Waals surface area (Å²) in [5, 5.41) is 0. The van der Waals surface area contributed by atoms with Gasteiger partial charge in [0.05, 0.1) is 11.5 Å². The second-order valence-electron chi connectivity index (χ2n) is 9.12. The van der Waals surface area contributed by atoms with Crippen LogP contribution in [0.5, 0.6) is 0 Å². The topological polar surface area (TPSA) is 55.7 Å². The third-order valence-electron chi connectivity index (χ3n) is 6.04. The lowest BCUT2D eigenvalue weighted by molar-refractivity contribution is -0.140. The number of esters is 1. The fraction of sp³-hybridized carbons (Fsp3) is 0.346. The first kappa shape index (κ1) is 21.9. The molecule has 4 nitrogen and oxygen atoms in total. The number of ether oxygens (including phenoxy) is 1. The van der Waals surface area contributed by atoms with Gasteiger partial charge in [0.15, 0.2) is 0 Å². The second kappa shape index (κ2) is 8.69. The molecule has 0 spiro atoms. The summed E-state index contributed by atoms with van der Waals surface area (Å²) in [6.07, 6.45) is 1.25. The number of allylic oxidation sites excluding steroid dienone is 1. The molecule has 2 aromatic rings. The average Bonchev–Trinajstić information content (AvgIpc) is 2.71. The number of aliphatic imine (C=N–C) groups is 1. The Hall–Kier alpha value is -2.28. The number of hydrogen-bond donors (Lipinski definition) is 0. The van der Waals surface area contributed by atoms with E-state index in [2.05, 4.69) is 36.4 Å². The van der Waals surface area contributed by atoms with Crippen LogP contribution >= 0.6 is 22.6 Å². The molecule has 0 aromatic heterocycles. The standard InChI is InChI=1S/C26H26INO3/c1-16-22(25(30)31-15-17-9-5-4-6-10-17)23(18-11-7-8-12-19(18)27)24-20(28-16)13-26(2,3)14-21(24)29/h4-12,23-24H,13-15H2,1-3H3. The summed E-state index contributed by atoms with van der Waals surface area (Å²) in [5.41, 5.74) is 3.84. The minimum Gasteiger partial charge on any atom is -0.457 e. The van der Waals surface area contributed by atoms with Gasteiger partial charge in [-0.1, -0.05) is 62.4 Å². The van der Waals surface area contributed by atoms with Crippen molar-refractivity contribution in [1.29, 1.82) is 0 Å². The van der Waals surface area contributed by atoms with Crippen LogP contribution in [0.25, 0.3) is 0 Å². The lowest BCUT2D eigenvalue weighted by Crippen LogP contribution is -2.44. The minimum atomic E-state index is -0.410. The van der Waals surface area contributed by atoms with Crippen molar-refractivity contribution in [2.75, 3.05) is 0 Å². The molecule has 2 aliphatic rings. The lowest BCUT2D eigenvalue weighted by atomic mass is 9.63. The molecule has 2 unspecified atom stereocenters. The molecular formula is C26H26INO3. The molecule has 160 valence electrons. The molecule has 0 amide bonds. The number of ketones is 1. The maximum atomic E-state index is 13.3. The summed E-state index contributed by atoms with van der Waals surface area (Å²) < 4.78 is 6.74. The first-order valence-corrected chi connectivity index (χ1v) is 11.6. The van der Waals surface area contributed by atoms with Crippen LogP contribution in [0.15, 0.2) is 70.9 Å². The fourth-order valence-electron chi connectivity index (χ4n) is 4.72. The van der Waals surface area contributed by atoms with Gasteiger partial charge in [-0.05, 0) is 58.5 Å². The van der Waals surface area contributed by atoms with E-state index in [1.54, 1.807) is 0 Å². The summed E-state index contributed by atoms with van der Waals surface area (Å²) in [4.78, 5) is 31.4. The molecule has 0 N–H and O–H groups in total. The Bertz CT molecular complexity index is 1080. The number of hydrogen-bond acceptors (Lipinski definition) is 4. The highest BCUT2D eigenvalue weighted by Gasteiger charge is 2.48. The third kappa shape index (κ3) is 4.52. The summed E-state index contributed by atoms with van der Waals surface area (Å²) >= 11 is 2.29. The predicted octanol–water partition coefficient (Wildman–Crippen LogP) is 5.85. The van der Waals surface area contributed by atoms with Gasteiger partial charge in [0, 0.05) is 27.3 Å². The summed E-state index contributed by atoms with van der Waals surface area (Å²) in [7, 11) is 0. The molecule has 4 rings (SSSR count). The summed E-state index contributed by atoms with van der Waals surface area (Å²) in [6, 6.07) is 17.6. The molecular weight excluding hydrogens is 501 g/mol. The van der Waals surface area contributed by atoms with Crippen molar-refractivity contribution in [3.8, 4) is 0 Å². The predicted molar refractivity (Wildman–Crippen MR) is 130 cm³/mol. The van der Waals surface area contributed by atoms with Crippen LogP contribution in [0.4, 0.5) is 0 Å². The van der Waals surface area contributed by atoms with E-state index in [0.29, 0.717) is 17.7 Å². The van der Waals surface area contributed by atoms with Gasteiger partial charge in [-0.15, -0.1) is 0 Å². The van der Waals surface area contributed by atoms with Crippen molar-refractivity contribution in [3.05, 3.63) is 80.6 Å². The highest BCUT2D eigenvalue weighted by Crippen LogP contribution is 2.47. The number of nitrogens with zero attached hydrogens (tertiary/aromatic N) is 1. The number of fused-ring (bicyclic) bond motifs is 1. The molecule has 0 radical (unpaired) electrons. The van der Waals surface area contributed by atoms with Crippen LogP contribution in [0.2, 0.25) is 0 Å². The van der Waals surface area contributed by atoms with Crippen molar-refractivity contribution in [3.63, 3.8) is 0 Å². The van der Waals surface area contributed by atoms with Crippen LogP contribution in [0, 0.1) is 14.9 Å². The van der Waals surface area contributed by atoms with Crippen LogP contribution < -0.4 is 0 Å². The third-order valence-corrected chi connectivity index (χ3v) is 7.02. The van der Waals surface area contributed by atoms with E-state index >= 15 is 0 Å². The molecule has 1 aliphatic carbocycles. The zero-order valence-electron chi connectivity index (χ0n) is 18.0. The van der Waals surface area contributed by atoms with Crippen LogP contribution in [0.1, 0.15) is 50.7 Å². The molecule has 0 saturated heterocycles. The molecule has 1 aliphatic heterocycles. The van der Waals surface area contributed by atoms with Crippen molar-refractivity contribution in [2.45, 2.75) is 46.1 Å². The zero-order chi connectivity index (χ0) is 22.2. The van der Waals surface area contributed by atoms with Crippen molar-refractivity contribution < 1.29 is 14.3 Å². The van der Waals surface area contributed by atoms with Gasteiger partial charge >= 0.3 is 5.97 Å². The number of benzene rings is 2. The number of carbonyl (C=O) groups is 2. The van der Waals surface area contributed by atoms with Gasteiger partial charge in [-0.3, -0.25) is 9.79 Å². The molecule has 2 aromatic carbocycles. The number of rotatable bonds is 4. The van der Waals surface area contributed by atoms with E-state index in [1.165, 1.54) is 0 Å². The number of halogens is 1. The van der Waals surface area contributed by atoms with E-state index in [4.69, 9.17) is 9.73 Å². The Morgan fingerprint density at radius 1 is 1.06 bits per heavy atom. The normalized spacial score (nSPS) is 22.6. The number of Topliss-reactive ketones (excluding diaryl/α,β-unsaturated/α-hetero) is 1. The first-order chi connectivity index (χ1) is 14.8. The van der Waals surface area contributed by atoms with Gasteiger partial charge in [0.25, 0.3) is 0 Å². The van der Waals surface area contributed by atoms with E-state index in [9.17, 15) is 9.59 Å². The number of carbonyl (C=O) groups excluding carboxylic acids is 2. The van der Waals surface area contributed by atoms with Gasteiger partial charge in [0.2, 0.25) is 0 Å². The Balaban J connectivity index is 1.76. The van der Waals surface area contributed by atoms with Crippen molar-refractivity contribution in [2.24, 2.45) is 16.3 Å². The Morgan fingerprint density at radius 3 is 2.45 bits per heavy atom. The van der Waals surface area contributed by atoms with Gasteiger partial charge in [-0.2, -0.15) is 0 Å². The van der Waals surface area contributed by atoms with Crippen LogP contribution in [-0.2, 0) is 20.9 Å².